The molecule has 0 saturated carbocycles. The van der Waals surface area contributed by atoms with Crippen molar-refractivity contribution in [3.05, 3.63) is 35.8 Å². The Morgan fingerprint density at radius 2 is 1.93 bits per heavy atom. The third-order valence-electron chi connectivity index (χ3n) is 4.13. The van der Waals surface area contributed by atoms with E-state index in [1.165, 1.54) is 6.20 Å². The van der Waals surface area contributed by atoms with Crippen LogP contribution in [-0.4, -0.2) is 38.0 Å². The van der Waals surface area contributed by atoms with E-state index >= 15 is 0 Å². The minimum atomic E-state index is -4.47. The summed E-state index contributed by atoms with van der Waals surface area (Å²) in [5.74, 6) is -0.266. The lowest BCUT2D eigenvalue weighted by Gasteiger charge is -2.33. The molecule has 0 bridgehead atoms. The number of nitrogens with two attached hydrogens (primary N) is 1. The third kappa shape index (κ3) is 5.78. The smallest absolute Gasteiger partial charge is 0.344 e. The highest BCUT2D eigenvalue weighted by Crippen LogP contribution is 2.28. The van der Waals surface area contributed by atoms with Crippen molar-refractivity contribution in [2.24, 2.45) is 11.7 Å². The van der Waals surface area contributed by atoms with Gasteiger partial charge in [-0.05, 0) is 25.0 Å². The van der Waals surface area contributed by atoms with Gasteiger partial charge in [0.25, 0.3) is 5.91 Å². The van der Waals surface area contributed by atoms with Gasteiger partial charge >= 0.3 is 6.18 Å². The average Bonchev–Trinajstić information content (AvgIpc) is 3.04. The summed E-state index contributed by atoms with van der Waals surface area (Å²) in [6.45, 7) is 5.91. The third-order valence-corrected chi connectivity index (χ3v) is 4.13. The lowest BCUT2D eigenvalue weighted by molar-refractivity contribution is -0.137. The lowest BCUT2D eigenvalue weighted by Crippen LogP contribution is -2.55. The SMILES string of the molecule is CC(C)C(C)(CN)NC(=O)c1cn(-c2ccc(C(F)(F)F)cn2)nn1.Cl.Cl. The van der Waals surface area contributed by atoms with Crippen LogP contribution in [0.5, 0.6) is 0 Å². The van der Waals surface area contributed by atoms with Crippen molar-refractivity contribution in [3.8, 4) is 5.82 Å². The van der Waals surface area contributed by atoms with E-state index in [4.69, 9.17) is 5.73 Å². The predicted octanol–water partition coefficient (Wildman–Crippen LogP) is 2.63. The minimum absolute atomic E-state index is 0. The monoisotopic (exact) mass is 428 g/mol. The number of aromatic nitrogens is 4. The van der Waals surface area contributed by atoms with Crippen LogP contribution in [-0.2, 0) is 6.18 Å². The van der Waals surface area contributed by atoms with Crippen molar-refractivity contribution in [2.45, 2.75) is 32.5 Å². The second-order valence-corrected chi connectivity index (χ2v) is 6.18. The number of pyridine rings is 1. The summed E-state index contributed by atoms with van der Waals surface area (Å²) in [5.41, 5.74) is 4.25. The van der Waals surface area contributed by atoms with Crippen LogP contribution in [0.2, 0.25) is 0 Å². The van der Waals surface area contributed by atoms with Crippen molar-refractivity contribution in [1.29, 1.82) is 0 Å². The largest absolute Gasteiger partial charge is 0.417 e. The molecular formula is C15H21Cl2F3N6O. The predicted molar refractivity (Wildman–Crippen MR) is 98.4 cm³/mol. The van der Waals surface area contributed by atoms with Crippen molar-refractivity contribution >= 4 is 30.7 Å². The molecular weight excluding hydrogens is 408 g/mol. The van der Waals surface area contributed by atoms with Crippen LogP contribution in [0.1, 0.15) is 36.8 Å². The summed E-state index contributed by atoms with van der Waals surface area (Å²) in [6.07, 6.45) is -2.48. The van der Waals surface area contributed by atoms with E-state index in [0.717, 1.165) is 16.8 Å². The minimum Gasteiger partial charge on any atom is -0.344 e. The first-order chi connectivity index (χ1) is 11.6. The Kier molecular flexibility index (Phi) is 8.68. The average molecular weight is 429 g/mol. The van der Waals surface area contributed by atoms with Gasteiger partial charge in [-0.1, -0.05) is 19.1 Å². The van der Waals surface area contributed by atoms with Crippen molar-refractivity contribution in [3.63, 3.8) is 0 Å². The molecule has 3 N–H and O–H groups in total. The Bertz CT molecular complexity index is 751. The summed E-state index contributed by atoms with van der Waals surface area (Å²) < 4.78 is 38.8. The van der Waals surface area contributed by atoms with Crippen LogP contribution in [0.4, 0.5) is 13.2 Å². The van der Waals surface area contributed by atoms with Gasteiger partial charge in [0, 0.05) is 12.7 Å². The number of hydrogen-bond acceptors (Lipinski definition) is 5. The zero-order valence-electron chi connectivity index (χ0n) is 14.8. The number of nitrogens with one attached hydrogen (secondary N) is 1. The first-order valence-electron chi connectivity index (χ1n) is 7.55. The second-order valence-electron chi connectivity index (χ2n) is 6.18. The van der Waals surface area contributed by atoms with Gasteiger partial charge in [0.15, 0.2) is 11.5 Å². The highest BCUT2D eigenvalue weighted by molar-refractivity contribution is 5.92. The number of nitrogens with zero attached hydrogens (tertiary/aromatic N) is 4. The van der Waals surface area contributed by atoms with E-state index in [1.54, 1.807) is 0 Å². The van der Waals surface area contributed by atoms with Crippen LogP contribution in [0.25, 0.3) is 5.82 Å². The molecule has 0 aliphatic carbocycles. The Morgan fingerprint density at radius 3 is 2.37 bits per heavy atom. The number of rotatable bonds is 5. The molecule has 152 valence electrons. The highest BCUT2D eigenvalue weighted by atomic mass is 35.5. The van der Waals surface area contributed by atoms with Crippen molar-refractivity contribution < 1.29 is 18.0 Å². The molecule has 12 heteroatoms. The van der Waals surface area contributed by atoms with Gasteiger partial charge in [-0.25, -0.2) is 9.67 Å². The molecule has 0 spiro atoms. The molecule has 2 heterocycles. The van der Waals surface area contributed by atoms with Gasteiger partial charge < -0.3 is 11.1 Å². The Labute approximate surface area is 166 Å². The summed E-state index contributed by atoms with van der Waals surface area (Å²) in [6, 6.07) is 2.03. The zero-order chi connectivity index (χ0) is 18.8. The van der Waals surface area contributed by atoms with E-state index in [9.17, 15) is 18.0 Å². The van der Waals surface area contributed by atoms with E-state index in [-0.39, 0.29) is 48.8 Å². The Balaban J connectivity index is 0.00000338. The molecule has 27 heavy (non-hydrogen) atoms. The van der Waals surface area contributed by atoms with E-state index in [2.05, 4.69) is 20.6 Å². The molecule has 2 aromatic heterocycles. The number of alkyl halides is 3. The van der Waals surface area contributed by atoms with Crippen molar-refractivity contribution in [2.75, 3.05) is 6.54 Å². The molecule has 2 rings (SSSR count). The van der Waals surface area contributed by atoms with Crippen LogP contribution in [0.15, 0.2) is 24.5 Å². The van der Waals surface area contributed by atoms with Gasteiger partial charge in [-0.2, -0.15) is 13.2 Å². The molecule has 0 aliphatic heterocycles. The maximum atomic E-state index is 12.6. The maximum Gasteiger partial charge on any atom is 0.417 e. The first kappa shape index (κ1) is 25.1. The highest BCUT2D eigenvalue weighted by Gasteiger charge is 2.31. The van der Waals surface area contributed by atoms with Crippen LogP contribution in [0, 0.1) is 5.92 Å². The molecule has 1 unspecified atom stereocenters. The Morgan fingerprint density at radius 1 is 1.30 bits per heavy atom. The second kappa shape index (κ2) is 9.34. The molecule has 0 aliphatic rings. The first-order valence-corrected chi connectivity index (χ1v) is 7.55. The number of amides is 1. The van der Waals surface area contributed by atoms with Gasteiger partial charge in [-0.15, -0.1) is 29.9 Å². The topological polar surface area (TPSA) is 98.7 Å². The van der Waals surface area contributed by atoms with E-state index in [0.29, 0.717) is 6.20 Å². The zero-order valence-corrected chi connectivity index (χ0v) is 16.5. The normalized spacial score (nSPS) is 13.3. The fraction of sp³-hybridized carbons (Fsp3) is 0.467. The maximum absolute atomic E-state index is 12.6. The van der Waals surface area contributed by atoms with Gasteiger partial charge in [-0.3, -0.25) is 4.79 Å². The fourth-order valence-corrected chi connectivity index (χ4v) is 1.92. The molecule has 0 radical (unpaired) electrons. The summed E-state index contributed by atoms with van der Waals surface area (Å²) in [4.78, 5) is 16.0. The quantitative estimate of drug-likeness (QED) is 0.762. The van der Waals surface area contributed by atoms with Crippen molar-refractivity contribution in [1.82, 2.24) is 25.3 Å². The van der Waals surface area contributed by atoms with Crippen LogP contribution >= 0.6 is 24.8 Å². The lowest BCUT2D eigenvalue weighted by atomic mass is 9.88. The number of hydrogen-bond donors (Lipinski definition) is 2. The van der Waals surface area contributed by atoms with Crippen LogP contribution in [0.3, 0.4) is 0 Å². The summed E-state index contributed by atoms with van der Waals surface area (Å²) in [7, 11) is 0. The Hall–Kier alpha value is -1.91. The summed E-state index contributed by atoms with van der Waals surface area (Å²) >= 11 is 0. The van der Waals surface area contributed by atoms with Gasteiger partial charge in [0.05, 0.1) is 17.3 Å². The van der Waals surface area contributed by atoms with E-state index in [1.807, 2.05) is 20.8 Å². The summed E-state index contributed by atoms with van der Waals surface area (Å²) in [5, 5.41) is 10.3. The molecule has 1 atom stereocenters. The molecule has 0 saturated heterocycles. The van der Waals surface area contributed by atoms with Crippen LogP contribution < -0.4 is 11.1 Å². The molecule has 0 aromatic carbocycles. The molecule has 7 nitrogen and oxygen atoms in total. The van der Waals surface area contributed by atoms with Gasteiger partial charge in [0.2, 0.25) is 0 Å². The fourth-order valence-electron chi connectivity index (χ4n) is 1.92. The number of carbonyl (C=O) groups excluding carboxylic acids is 1. The van der Waals surface area contributed by atoms with E-state index < -0.39 is 23.2 Å². The number of carbonyl (C=O) groups is 1. The molecule has 1 amide bonds. The van der Waals surface area contributed by atoms with Gasteiger partial charge in [0.1, 0.15) is 0 Å². The molecule has 2 aromatic rings. The molecule has 0 fully saturated rings. The number of halogens is 5. The standard InChI is InChI=1S/C15H19F3N6O.2ClH/c1-9(2)14(3,8-19)21-13(25)11-7-24(23-22-11)12-5-4-10(6-20-12)15(16,17)18;;/h4-7,9H,8,19H2,1-3H3,(H,21,25);2*1H.